The molecule has 0 radical (unpaired) electrons. The summed E-state index contributed by atoms with van der Waals surface area (Å²) in [5.74, 6) is -1.50. The van der Waals surface area contributed by atoms with Gasteiger partial charge >= 0.3 is 0 Å². The van der Waals surface area contributed by atoms with Crippen molar-refractivity contribution in [2.45, 2.75) is 32.1 Å². The largest absolute Gasteiger partial charge is 0.326 e. The summed E-state index contributed by atoms with van der Waals surface area (Å²) in [6.07, 6.45) is 3.78. The van der Waals surface area contributed by atoms with Crippen LogP contribution in [0.15, 0.2) is 65.8 Å². The van der Waals surface area contributed by atoms with E-state index in [-0.39, 0.29) is 42.8 Å². The van der Waals surface area contributed by atoms with E-state index in [2.05, 4.69) is 46.4 Å². The summed E-state index contributed by atoms with van der Waals surface area (Å²) in [4.78, 5) is 52.1. The second-order valence-electron chi connectivity index (χ2n) is 9.90. The van der Waals surface area contributed by atoms with Crippen molar-refractivity contribution in [3.63, 3.8) is 0 Å². The lowest BCUT2D eigenvalue weighted by Crippen LogP contribution is -2.44. The van der Waals surface area contributed by atoms with Crippen LogP contribution >= 0.6 is 15.9 Å². The molecule has 15 heteroatoms. The van der Waals surface area contributed by atoms with Crippen LogP contribution in [-0.4, -0.2) is 75.8 Å². The zero-order valence-electron chi connectivity index (χ0n) is 22.5. The summed E-state index contributed by atoms with van der Waals surface area (Å²) in [6, 6.07) is 9.18. The van der Waals surface area contributed by atoms with Crippen molar-refractivity contribution in [1.29, 1.82) is 0 Å². The van der Waals surface area contributed by atoms with Crippen molar-refractivity contribution < 1.29 is 23.2 Å². The molecule has 5 heterocycles. The van der Waals surface area contributed by atoms with Gasteiger partial charge in [0.1, 0.15) is 34.9 Å². The average molecular weight is 650 g/mol. The lowest BCUT2D eigenvalue weighted by atomic mass is 10.1. The highest BCUT2D eigenvalue weighted by molar-refractivity contribution is 9.10. The lowest BCUT2D eigenvalue weighted by Gasteiger charge is -2.23. The predicted octanol–water partition coefficient (Wildman–Crippen LogP) is 3.76. The summed E-state index contributed by atoms with van der Waals surface area (Å²) in [5.41, 5.74) is 2.03. The van der Waals surface area contributed by atoms with Crippen molar-refractivity contribution in [2.24, 2.45) is 0 Å². The molecule has 1 aromatic carbocycles. The zero-order valence-corrected chi connectivity index (χ0v) is 24.1. The van der Waals surface area contributed by atoms with E-state index in [1.165, 1.54) is 21.2 Å². The molecule has 1 fully saturated rings. The summed E-state index contributed by atoms with van der Waals surface area (Å²) < 4.78 is 31.0. The van der Waals surface area contributed by atoms with Gasteiger partial charge in [-0.25, -0.2) is 28.4 Å². The third-order valence-electron chi connectivity index (χ3n) is 6.94. The average Bonchev–Trinajstić information content (AvgIpc) is 3.71. The van der Waals surface area contributed by atoms with Gasteiger partial charge in [-0.1, -0.05) is 12.1 Å². The second kappa shape index (κ2) is 11.4. The fourth-order valence-corrected chi connectivity index (χ4v) is 5.30. The van der Waals surface area contributed by atoms with Crippen molar-refractivity contribution in [1.82, 2.24) is 39.4 Å². The van der Waals surface area contributed by atoms with Crippen LogP contribution in [0, 0.1) is 5.82 Å². The third-order valence-corrected chi connectivity index (χ3v) is 7.38. The lowest BCUT2D eigenvalue weighted by molar-refractivity contribution is -0.137. The maximum Gasteiger partial charge on any atom is 0.250 e. The SMILES string of the molecule is CC(=O)c1nn(CC(=O)N2C[C@H](F)C[C@H]2C(=O)Nc2cccc(Br)n2)c2ccc(-c3cnn(-c4ncc(F)cn4)c3)cc12. The number of ketones is 1. The molecule has 1 aliphatic heterocycles. The summed E-state index contributed by atoms with van der Waals surface area (Å²) >= 11 is 3.24. The number of alkyl halides is 1. The van der Waals surface area contributed by atoms with Crippen LogP contribution in [0.25, 0.3) is 28.0 Å². The maximum atomic E-state index is 14.5. The van der Waals surface area contributed by atoms with Gasteiger partial charge in [-0.05, 0) is 45.8 Å². The molecule has 12 nitrogen and oxygen atoms in total. The monoisotopic (exact) mass is 649 g/mol. The minimum absolute atomic E-state index is 0.149. The van der Waals surface area contributed by atoms with E-state index in [4.69, 9.17) is 0 Å². The number of carbonyl (C=O) groups is 3. The van der Waals surface area contributed by atoms with Gasteiger partial charge in [0.05, 0.1) is 30.7 Å². The van der Waals surface area contributed by atoms with Crippen LogP contribution < -0.4 is 5.32 Å². The van der Waals surface area contributed by atoms with Crippen molar-refractivity contribution in [2.75, 3.05) is 11.9 Å². The van der Waals surface area contributed by atoms with Gasteiger partial charge in [-0.2, -0.15) is 10.2 Å². The van der Waals surface area contributed by atoms with Crippen LogP contribution in [0.4, 0.5) is 14.6 Å². The van der Waals surface area contributed by atoms with Crippen molar-refractivity contribution >= 4 is 50.2 Å². The van der Waals surface area contributed by atoms with Crippen LogP contribution in [0.1, 0.15) is 23.8 Å². The zero-order chi connectivity index (χ0) is 30.2. The minimum Gasteiger partial charge on any atom is -0.326 e. The molecule has 0 unspecified atom stereocenters. The van der Waals surface area contributed by atoms with Crippen molar-refractivity contribution in [3.05, 3.63) is 77.3 Å². The summed E-state index contributed by atoms with van der Waals surface area (Å²) in [5, 5.41) is 11.8. The molecule has 0 aliphatic carbocycles. The number of fused-ring (bicyclic) bond motifs is 1. The topological polar surface area (TPSA) is 141 Å². The Morgan fingerprint density at radius 3 is 2.63 bits per heavy atom. The van der Waals surface area contributed by atoms with E-state index in [1.807, 2.05) is 0 Å². The molecule has 1 aliphatic rings. The molecule has 5 aromatic rings. The molecule has 1 saturated heterocycles. The first-order valence-corrected chi connectivity index (χ1v) is 13.9. The molecule has 0 spiro atoms. The normalized spacial score (nSPS) is 16.5. The molecular weight excluding hydrogens is 628 g/mol. The van der Waals surface area contributed by atoms with E-state index in [9.17, 15) is 23.2 Å². The quantitative estimate of drug-likeness (QED) is 0.208. The number of rotatable bonds is 7. The number of nitrogens with zero attached hydrogens (tertiary/aromatic N) is 8. The Morgan fingerprint density at radius 2 is 1.88 bits per heavy atom. The Kier molecular flexibility index (Phi) is 7.48. The Labute approximate surface area is 250 Å². The molecule has 218 valence electrons. The smallest absolute Gasteiger partial charge is 0.250 e. The fraction of sp³-hybridized carbons (Fsp3) is 0.214. The van der Waals surface area contributed by atoms with Gasteiger partial charge in [0.2, 0.25) is 11.8 Å². The molecule has 2 amide bonds. The number of amides is 2. The minimum atomic E-state index is -1.37. The molecule has 43 heavy (non-hydrogen) atoms. The number of benzene rings is 1. The molecule has 1 N–H and O–H groups in total. The van der Waals surface area contributed by atoms with Gasteiger partial charge in [-0.3, -0.25) is 19.1 Å². The van der Waals surface area contributed by atoms with Crippen LogP contribution in [-0.2, 0) is 16.1 Å². The summed E-state index contributed by atoms with van der Waals surface area (Å²) in [7, 11) is 0. The van der Waals surface area contributed by atoms with Gasteiger partial charge in [0.15, 0.2) is 11.6 Å². The number of carbonyl (C=O) groups excluding carboxylic acids is 3. The number of Topliss-reactive ketones (excluding diaryl/α,β-unsaturated/α-hetero) is 1. The van der Waals surface area contributed by atoms with E-state index in [1.54, 1.807) is 48.8 Å². The number of halogens is 3. The maximum absolute atomic E-state index is 14.5. The van der Waals surface area contributed by atoms with E-state index < -0.39 is 29.8 Å². The van der Waals surface area contributed by atoms with E-state index in [0.29, 0.717) is 26.6 Å². The highest BCUT2D eigenvalue weighted by Crippen LogP contribution is 2.28. The number of aromatic nitrogens is 7. The first kappa shape index (κ1) is 28.2. The molecule has 6 rings (SSSR count). The molecule has 0 saturated carbocycles. The third kappa shape index (κ3) is 5.75. The van der Waals surface area contributed by atoms with E-state index >= 15 is 0 Å². The highest BCUT2D eigenvalue weighted by Gasteiger charge is 2.40. The number of likely N-dealkylation sites (tertiary alicyclic amines) is 1. The predicted molar refractivity (Wildman–Crippen MR) is 153 cm³/mol. The number of hydrogen-bond donors (Lipinski definition) is 1. The molecule has 4 aromatic heterocycles. The first-order chi connectivity index (χ1) is 20.7. The van der Waals surface area contributed by atoms with Gasteiger partial charge in [0, 0.05) is 30.5 Å². The Hall–Kier alpha value is -4.92. The Morgan fingerprint density at radius 1 is 1.09 bits per heavy atom. The number of nitrogens with one attached hydrogen (secondary N) is 1. The number of pyridine rings is 1. The first-order valence-electron chi connectivity index (χ1n) is 13.1. The second-order valence-corrected chi connectivity index (χ2v) is 10.7. The van der Waals surface area contributed by atoms with E-state index in [0.717, 1.165) is 12.4 Å². The highest BCUT2D eigenvalue weighted by atomic mass is 79.9. The molecule has 2 atom stereocenters. The van der Waals surface area contributed by atoms with Gasteiger partial charge in [0.25, 0.3) is 5.95 Å². The fourth-order valence-electron chi connectivity index (χ4n) is 4.96. The Bertz CT molecular complexity index is 1880. The van der Waals surface area contributed by atoms with Crippen molar-refractivity contribution in [3.8, 4) is 17.1 Å². The van der Waals surface area contributed by atoms with Crippen LogP contribution in [0.3, 0.4) is 0 Å². The van der Waals surface area contributed by atoms with Crippen LogP contribution in [0.2, 0.25) is 0 Å². The summed E-state index contributed by atoms with van der Waals surface area (Å²) in [6.45, 7) is 0.817. The van der Waals surface area contributed by atoms with Gasteiger partial charge in [-0.15, -0.1) is 0 Å². The van der Waals surface area contributed by atoms with Gasteiger partial charge < -0.3 is 10.2 Å². The standard InChI is InChI=1S/C28H22BrF2N9O3/c1-15(41)26-20-7-16(17-9-34-40(12-17)28-32-10-19(31)11-33-28)5-6-21(20)39(37-26)14-25(42)38-13-18(30)8-22(38)27(43)36-24-4-2-3-23(29)35-24/h2-7,9-12,18,22H,8,13-14H2,1H3,(H,35,36,43)/t18-,22+/m1/s1. The Balaban J connectivity index is 1.25. The number of anilines is 1. The van der Waals surface area contributed by atoms with Crippen LogP contribution in [0.5, 0.6) is 0 Å². The molecule has 0 bridgehead atoms. The molecular formula is C28H22BrF2N9O3. The number of hydrogen-bond acceptors (Lipinski definition) is 8.